The summed E-state index contributed by atoms with van der Waals surface area (Å²) in [5.41, 5.74) is 0.979. The molecule has 2 atom stereocenters. The minimum atomic E-state index is -0.498. The highest BCUT2D eigenvalue weighted by molar-refractivity contribution is 5.96. The number of urea groups is 1. The Balaban J connectivity index is 2.42. The highest BCUT2D eigenvalue weighted by Gasteiger charge is 2.17. The van der Waals surface area contributed by atoms with Crippen LogP contribution in [0.3, 0.4) is 0 Å². The van der Waals surface area contributed by atoms with Crippen LogP contribution < -0.4 is 16.0 Å². The van der Waals surface area contributed by atoms with E-state index in [-0.39, 0.29) is 17.8 Å². The molecule has 0 aromatic heterocycles. The van der Waals surface area contributed by atoms with Crippen LogP contribution in [0.15, 0.2) is 24.3 Å². The fraction of sp³-hybridized carbons (Fsp3) is 0.467. The Morgan fingerprint density at radius 1 is 1.19 bits per heavy atom. The maximum Gasteiger partial charge on any atom is 0.321 e. The molecule has 3 amide bonds. The van der Waals surface area contributed by atoms with Crippen LogP contribution in [0.5, 0.6) is 0 Å². The molecule has 2 unspecified atom stereocenters. The van der Waals surface area contributed by atoms with Gasteiger partial charge < -0.3 is 10.6 Å². The van der Waals surface area contributed by atoms with Crippen molar-refractivity contribution in [1.29, 1.82) is 0 Å². The number of imide groups is 1. The third-order valence-electron chi connectivity index (χ3n) is 2.96. The quantitative estimate of drug-likeness (QED) is 0.746. The Labute approximate surface area is 124 Å². The largest absolute Gasteiger partial charge is 0.338 e. The summed E-state index contributed by atoms with van der Waals surface area (Å²) in [4.78, 5) is 23.0. The molecule has 1 aromatic rings. The van der Waals surface area contributed by atoms with Crippen molar-refractivity contribution in [3.63, 3.8) is 0 Å². The van der Waals surface area contributed by atoms with Gasteiger partial charge in [0.2, 0.25) is 5.91 Å². The van der Waals surface area contributed by atoms with Gasteiger partial charge in [0.05, 0.1) is 6.04 Å². The highest BCUT2D eigenvalue weighted by Crippen LogP contribution is 2.06. The number of rotatable bonds is 6. The molecule has 3 N–H and O–H groups in total. The number of hydrogen-bond donors (Lipinski definition) is 3. The van der Waals surface area contributed by atoms with E-state index >= 15 is 0 Å². The second kappa shape index (κ2) is 8.36. The second-order valence-corrected chi connectivity index (χ2v) is 4.97. The van der Waals surface area contributed by atoms with E-state index in [1.807, 2.05) is 6.92 Å². The monoisotopic (exact) mass is 295 g/mol. The topological polar surface area (TPSA) is 70.2 Å². The molecule has 0 aliphatic heterocycles. The fourth-order valence-electron chi connectivity index (χ4n) is 1.96. The van der Waals surface area contributed by atoms with Crippen LogP contribution in [-0.2, 0) is 11.2 Å². The van der Waals surface area contributed by atoms with E-state index in [1.54, 1.807) is 26.0 Å². The zero-order valence-corrected chi connectivity index (χ0v) is 12.6. The van der Waals surface area contributed by atoms with Gasteiger partial charge in [0.25, 0.3) is 0 Å². The molecular weight excluding hydrogens is 273 g/mol. The third kappa shape index (κ3) is 6.35. The normalized spacial score (nSPS) is 13.3. The number of benzene rings is 1. The van der Waals surface area contributed by atoms with Gasteiger partial charge in [-0.25, -0.2) is 9.18 Å². The van der Waals surface area contributed by atoms with Crippen molar-refractivity contribution in [3.8, 4) is 0 Å². The SMILES string of the molecule is CCNC(=O)NC(=O)C(C)NC(C)Cc1ccc(F)cc1. The summed E-state index contributed by atoms with van der Waals surface area (Å²) in [6.07, 6.45) is 0.666. The molecule has 1 rings (SSSR count). The van der Waals surface area contributed by atoms with E-state index in [0.717, 1.165) is 5.56 Å². The van der Waals surface area contributed by atoms with Crippen LogP contribution in [0.4, 0.5) is 9.18 Å². The summed E-state index contributed by atoms with van der Waals surface area (Å²) < 4.78 is 12.8. The summed E-state index contributed by atoms with van der Waals surface area (Å²) in [7, 11) is 0. The summed E-state index contributed by atoms with van der Waals surface area (Å²) in [6.45, 7) is 5.85. The molecule has 0 aliphatic carbocycles. The van der Waals surface area contributed by atoms with Crippen molar-refractivity contribution >= 4 is 11.9 Å². The highest BCUT2D eigenvalue weighted by atomic mass is 19.1. The molecular formula is C15H22FN3O2. The Bertz CT molecular complexity index is 476. The number of carbonyl (C=O) groups is 2. The van der Waals surface area contributed by atoms with Crippen molar-refractivity contribution in [1.82, 2.24) is 16.0 Å². The Kier molecular flexibility index (Phi) is 6.81. The van der Waals surface area contributed by atoms with E-state index in [4.69, 9.17) is 0 Å². The molecule has 21 heavy (non-hydrogen) atoms. The van der Waals surface area contributed by atoms with E-state index in [9.17, 15) is 14.0 Å². The van der Waals surface area contributed by atoms with Crippen molar-refractivity contribution in [3.05, 3.63) is 35.6 Å². The molecule has 0 aliphatic rings. The first-order valence-corrected chi connectivity index (χ1v) is 7.01. The molecule has 0 fully saturated rings. The zero-order chi connectivity index (χ0) is 15.8. The third-order valence-corrected chi connectivity index (χ3v) is 2.96. The number of carbonyl (C=O) groups excluding carboxylic acids is 2. The van der Waals surface area contributed by atoms with Crippen molar-refractivity contribution in [2.75, 3.05) is 6.54 Å². The van der Waals surface area contributed by atoms with Gasteiger partial charge >= 0.3 is 6.03 Å². The van der Waals surface area contributed by atoms with Crippen LogP contribution in [0.2, 0.25) is 0 Å². The molecule has 1 aromatic carbocycles. The van der Waals surface area contributed by atoms with Gasteiger partial charge in [0.1, 0.15) is 5.82 Å². The lowest BCUT2D eigenvalue weighted by Crippen LogP contribution is -2.50. The van der Waals surface area contributed by atoms with Gasteiger partial charge in [-0.1, -0.05) is 12.1 Å². The zero-order valence-electron chi connectivity index (χ0n) is 12.6. The predicted molar refractivity (Wildman–Crippen MR) is 79.4 cm³/mol. The van der Waals surface area contributed by atoms with E-state index in [0.29, 0.717) is 13.0 Å². The minimum absolute atomic E-state index is 0.0189. The van der Waals surface area contributed by atoms with Gasteiger partial charge in [-0.15, -0.1) is 0 Å². The molecule has 0 heterocycles. The number of hydrogen-bond acceptors (Lipinski definition) is 3. The van der Waals surface area contributed by atoms with Crippen molar-refractivity contribution in [2.24, 2.45) is 0 Å². The summed E-state index contributed by atoms with van der Waals surface area (Å²) >= 11 is 0. The van der Waals surface area contributed by atoms with E-state index in [1.165, 1.54) is 12.1 Å². The second-order valence-electron chi connectivity index (χ2n) is 4.97. The smallest absolute Gasteiger partial charge is 0.321 e. The standard InChI is InChI=1S/C15H22FN3O2/c1-4-17-15(21)19-14(20)11(3)18-10(2)9-12-5-7-13(16)8-6-12/h5-8,10-11,18H,4,9H2,1-3H3,(H2,17,19,20,21). The molecule has 0 spiro atoms. The van der Waals surface area contributed by atoms with Crippen LogP contribution >= 0.6 is 0 Å². The number of nitrogens with one attached hydrogen (secondary N) is 3. The summed E-state index contributed by atoms with van der Waals surface area (Å²) in [6, 6.07) is 5.27. The molecule has 6 heteroatoms. The fourth-order valence-corrected chi connectivity index (χ4v) is 1.96. The van der Waals surface area contributed by atoms with Gasteiger partial charge in [0.15, 0.2) is 0 Å². The molecule has 0 bridgehead atoms. The summed E-state index contributed by atoms with van der Waals surface area (Å²) in [5, 5.41) is 7.86. The first-order valence-electron chi connectivity index (χ1n) is 7.01. The molecule has 0 saturated heterocycles. The molecule has 0 radical (unpaired) electrons. The van der Waals surface area contributed by atoms with Crippen molar-refractivity contribution < 1.29 is 14.0 Å². The van der Waals surface area contributed by atoms with Crippen LogP contribution in [0.1, 0.15) is 26.3 Å². The van der Waals surface area contributed by atoms with Gasteiger partial charge in [-0.05, 0) is 44.9 Å². The van der Waals surface area contributed by atoms with Gasteiger partial charge in [0, 0.05) is 12.6 Å². The first kappa shape index (κ1) is 17.1. The maximum atomic E-state index is 12.8. The lowest BCUT2D eigenvalue weighted by Gasteiger charge is -2.19. The summed E-state index contributed by atoms with van der Waals surface area (Å²) in [5.74, 6) is -0.652. The van der Waals surface area contributed by atoms with Gasteiger partial charge in [-0.2, -0.15) is 0 Å². The predicted octanol–water partition coefficient (Wildman–Crippen LogP) is 1.58. The Hall–Kier alpha value is -1.95. The average Bonchev–Trinajstić information content (AvgIpc) is 2.41. The maximum absolute atomic E-state index is 12.8. The lowest BCUT2D eigenvalue weighted by molar-refractivity contribution is -0.121. The first-order chi connectivity index (χ1) is 9.92. The van der Waals surface area contributed by atoms with Crippen molar-refractivity contribution in [2.45, 2.75) is 39.3 Å². The molecule has 116 valence electrons. The minimum Gasteiger partial charge on any atom is -0.338 e. The van der Waals surface area contributed by atoms with E-state index in [2.05, 4.69) is 16.0 Å². The Morgan fingerprint density at radius 2 is 1.81 bits per heavy atom. The van der Waals surface area contributed by atoms with Crippen LogP contribution in [0, 0.1) is 5.82 Å². The van der Waals surface area contributed by atoms with E-state index < -0.39 is 12.1 Å². The molecule has 0 saturated carbocycles. The Morgan fingerprint density at radius 3 is 2.38 bits per heavy atom. The number of amides is 3. The average molecular weight is 295 g/mol. The number of halogens is 1. The van der Waals surface area contributed by atoms with Crippen LogP contribution in [0.25, 0.3) is 0 Å². The molecule has 5 nitrogen and oxygen atoms in total. The van der Waals surface area contributed by atoms with Gasteiger partial charge in [-0.3, -0.25) is 10.1 Å². The lowest BCUT2D eigenvalue weighted by atomic mass is 10.1. The van der Waals surface area contributed by atoms with Crippen LogP contribution in [-0.4, -0.2) is 30.6 Å².